The number of anilines is 4. The molecule has 1 saturated heterocycles. The maximum atomic E-state index is 11.7. The monoisotopic (exact) mass is 527 g/mol. The Morgan fingerprint density at radius 3 is 1.97 bits per heavy atom. The summed E-state index contributed by atoms with van der Waals surface area (Å²) in [7, 11) is 1.49. The number of rotatable bonds is 14. The number of nitrogens with one attached hydrogen (secondary N) is 2. The van der Waals surface area contributed by atoms with E-state index in [9.17, 15) is 9.59 Å². The highest BCUT2D eigenvalue weighted by Crippen LogP contribution is 2.33. The number of primary amides is 2. The average Bonchev–Trinajstić information content (AvgIpc) is 2.90. The second-order valence-corrected chi connectivity index (χ2v) is 8.70. The van der Waals surface area contributed by atoms with E-state index < -0.39 is 11.8 Å². The molecule has 0 aromatic heterocycles. The van der Waals surface area contributed by atoms with Crippen molar-refractivity contribution >= 4 is 34.6 Å². The molecule has 206 valence electrons. The maximum Gasteiger partial charge on any atom is 0.248 e. The Hall–Kier alpha value is -4.16. The van der Waals surface area contributed by atoms with E-state index in [4.69, 9.17) is 37.1 Å². The van der Waals surface area contributed by atoms with E-state index in [1.54, 1.807) is 6.07 Å². The number of amides is 2. The first-order valence-corrected chi connectivity index (χ1v) is 12.4. The van der Waals surface area contributed by atoms with Gasteiger partial charge in [0.25, 0.3) is 0 Å². The summed E-state index contributed by atoms with van der Waals surface area (Å²) in [6.07, 6.45) is 4.61. The standard InChI is InChI=1S/C26H37N7O5/c1-36-21-15-17(25(29)34)13-19(27)23(21)31-5-2-3-6-32-24-20(28)14-18(26(30)35)16-22(24)38-10-4-7-33-8-11-37-12-9-33/h2-3,13-16,31-32H,4-12,27-28H2,1H3,(H2,29,34)(H2,30,35)/b3-2+. The molecule has 1 aliphatic rings. The highest BCUT2D eigenvalue weighted by atomic mass is 16.5. The minimum Gasteiger partial charge on any atom is -0.494 e. The van der Waals surface area contributed by atoms with Crippen LogP contribution in [0.3, 0.4) is 0 Å². The molecule has 2 amide bonds. The van der Waals surface area contributed by atoms with Gasteiger partial charge in [-0.3, -0.25) is 14.5 Å². The lowest BCUT2D eigenvalue weighted by Gasteiger charge is -2.26. The maximum absolute atomic E-state index is 11.7. The summed E-state index contributed by atoms with van der Waals surface area (Å²) in [5, 5.41) is 6.42. The van der Waals surface area contributed by atoms with Crippen LogP contribution in [0.15, 0.2) is 36.4 Å². The average molecular weight is 528 g/mol. The van der Waals surface area contributed by atoms with Gasteiger partial charge in [0.15, 0.2) is 0 Å². The summed E-state index contributed by atoms with van der Waals surface area (Å²) in [4.78, 5) is 25.5. The van der Waals surface area contributed by atoms with E-state index in [2.05, 4.69) is 15.5 Å². The van der Waals surface area contributed by atoms with Crippen molar-refractivity contribution in [2.24, 2.45) is 11.5 Å². The van der Waals surface area contributed by atoms with Gasteiger partial charge in [0.05, 0.1) is 38.3 Å². The van der Waals surface area contributed by atoms with Crippen LogP contribution in [-0.2, 0) is 4.74 Å². The Morgan fingerprint density at radius 2 is 1.45 bits per heavy atom. The summed E-state index contributed by atoms with van der Waals surface area (Å²) in [6, 6.07) is 6.17. The van der Waals surface area contributed by atoms with Gasteiger partial charge in [-0.15, -0.1) is 0 Å². The van der Waals surface area contributed by atoms with Crippen molar-refractivity contribution < 1.29 is 23.8 Å². The zero-order chi connectivity index (χ0) is 27.5. The van der Waals surface area contributed by atoms with Gasteiger partial charge in [0.1, 0.15) is 22.9 Å². The minimum atomic E-state index is -0.587. The largest absolute Gasteiger partial charge is 0.494 e. The molecule has 12 heteroatoms. The van der Waals surface area contributed by atoms with Crippen LogP contribution in [-0.4, -0.2) is 76.4 Å². The topological polar surface area (TPSA) is 193 Å². The van der Waals surface area contributed by atoms with Crippen molar-refractivity contribution in [1.82, 2.24) is 4.90 Å². The van der Waals surface area contributed by atoms with Gasteiger partial charge < -0.3 is 47.8 Å². The molecule has 0 unspecified atom stereocenters. The van der Waals surface area contributed by atoms with Crippen LogP contribution < -0.4 is 43.0 Å². The van der Waals surface area contributed by atoms with E-state index in [0.29, 0.717) is 53.9 Å². The summed E-state index contributed by atoms with van der Waals surface area (Å²) in [5.74, 6) is -0.274. The summed E-state index contributed by atoms with van der Waals surface area (Å²) >= 11 is 0. The quantitative estimate of drug-likeness (QED) is 0.118. The molecular weight excluding hydrogens is 490 g/mol. The number of morpholine rings is 1. The molecule has 0 radical (unpaired) electrons. The normalized spacial score (nSPS) is 13.8. The van der Waals surface area contributed by atoms with E-state index >= 15 is 0 Å². The third kappa shape index (κ3) is 7.92. The minimum absolute atomic E-state index is 0.267. The molecule has 0 aliphatic carbocycles. The van der Waals surface area contributed by atoms with E-state index in [0.717, 1.165) is 39.3 Å². The molecule has 3 rings (SSSR count). The van der Waals surface area contributed by atoms with Crippen LogP contribution in [0.4, 0.5) is 22.7 Å². The van der Waals surface area contributed by atoms with Crippen LogP contribution in [0.25, 0.3) is 0 Å². The van der Waals surface area contributed by atoms with Gasteiger partial charge in [-0.25, -0.2) is 0 Å². The molecule has 38 heavy (non-hydrogen) atoms. The van der Waals surface area contributed by atoms with Crippen molar-refractivity contribution in [3.63, 3.8) is 0 Å². The molecule has 1 aliphatic heterocycles. The summed E-state index contributed by atoms with van der Waals surface area (Å²) < 4.78 is 16.7. The lowest BCUT2D eigenvalue weighted by Crippen LogP contribution is -2.37. The molecule has 12 nitrogen and oxygen atoms in total. The Kier molecular flexibility index (Phi) is 10.4. The number of nitrogen functional groups attached to an aromatic ring is 2. The molecule has 1 heterocycles. The molecule has 2 aromatic carbocycles. The zero-order valence-electron chi connectivity index (χ0n) is 21.6. The third-order valence-electron chi connectivity index (χ3n) is 5.99. The van der Waals surface area contributed by atoms with Gasteiger partial charge in [-0.1, -0.05) is 12.2 Å². The van der Waals surface area contributed by atoms with Crippen LogP contribution in [0, 0.1) is 0 Å². The van der Waals surface area contributed by atoms with Crippen molar-refractivity contribution in [1.29, 1.82) is 0 Å². The Bertz CT molecular complexity index is 1150. The van der Waals surface area contributed by atoms with Gasteiger partial charge in [0.2, 0.25) is 11.8 Å². The third-order valence-corrected chi connectivity index (χ3v) is 5.99. The molecule has 1 fully saturated rings. The van der Waals surface area contributed by atoms with Gasteiger partial charge >= 0.3 is 0 Å². The number of hydrogen-bond acceptors (Lipinski definition) is 10. The molecule has 0 atom stereocenters. The number of hydrogen-bond donors (Lipinski definition) is 6. The summed E-state index contributed by atoms with van der Waals surface area (Å²) in [6.45, 7) is 5.57. The number of methoxy groups -OCH3 is 1. The molecule has 0 spiro atoms. The first kappa shape index (κ1) is 28.4. The lowest BCUT2D eigenvalue weighted by atomic mass is 10.1. The predicted octanol–water partition coefficient (Wildman–Crippen LogP) is 1.24. The number of ether oxygens (including phenoxy) is 3. The fraction of sp³-hybridized carbons (Fsp3) is 0.385. The Morgan fingerprint density at radius 1 is 0.921 bits per heavy atom. The second kappa shape index (κ2) is 14.0. The van der Waals surface area contributed by atoms with Crippen LogP contribution in [0.2, 0.25) is 0 Å². The van der Waals surface area contributed by atoms with Crippen molar-refractivity contribution in [2.45, 2.75) is 6.42 Å². The van der Waals surface area contributed by atoms with Gasteiger partial charge in [-0.05, 0) is 30.7 Å². The number of nitrogens with zero attached hydrogens (tertiary/aromatic N) is 1. The Labute approximate surface area is 222 Å². The number of carbonyl (C=O) groups is 2. The number of carbonyl (C=O) groups excluding carboxylic acids is 2. The first-order chi connectivity index (χ1) is 18.3. The molecule has 2 aromatic rings. The molecule has 0 bridgehead atoms. The highest BCUT2D eigenvalue weighted by Gasteiger charge is 2.15. The van der Waals surface area contributed by atoms with Crippen molar-refractivity contribution in [2.75, 3.05) is 81.8 Å². The first-order valence-electron chi connectivity index (χ1n) is 12.4. The molecule has 0 saturated carbocycles. The fourth-order valence-corrected chi connectivity index (χ4v) is 4.00. The predicted molar refractivity (Wildman–Crippen MR) is 149 cm³/mol. The van der Waals surface area contributed by atoms with Crippen LogP contribution in [0.5, 0.6) is 11.5 Å². The number of nitrogens with two attached hydrogens (primary N) is 4. The lowest BCUT2D eigenvalue weighted by molar-refractivity contribution is 0.0358. The van der Waals surface area contributed by atoms with E-state index in [-0.39, 0.29) is 11.1 Å². The van der Waals surface area contributed by atoms with Gasteiger partial charge in [-0.2, -0.15) is 0 Å². The van der Waals surface area contributed by atoms with E-state index in [1.807, 2.05) is 12.2 Å². The van der Waals surface area contributed by atoms with Crippen molar-refractivity contribution in [3.8, 4) is 11.5 Å². The SMILES string of the molecule is COc1cc(C(N)=O)cc(N)c1NC/C=C/CNc1c(N)cc(C(N)=O)cc1OCCCN1CCOCC1. The Balaban J connectivity index is 1.56. The fourth-order valence-electron chi connectivity index (χ4n) is 4.00. The molecular formula is C26H37N7O5. The van der Waals surface area contributed by atoms with Gasteiger partial charge in [0, 0.05) is 43.9 Å². The van der Waals surface area contributed by atoms with Crippen LogP contribution >= 0.6 is 0 Å². The highest BCUT2D eigenvalue weighted by molar-refractivity contribution is 5.97. The second-order valence-electron chi connectivity index (χ2n) is 8.70. The number of benzene rings is 2. The smallest absolute Gasteiger partial charge is 0.248 e. The summed E-state index contributed by atoms with van der Waals surface area (Å²) in [5.41, 5.74) is 25.5. The molecule has 10 N–H and O–H groups in total. The zero-order valence-corrected chi connectivity index (χ0v) is 21.6. The van der Waals surface area contributed by atoms with E-state index in [1.165, 1.54) is 25.3 Å². The van der Waals surface area contributed by atoms with Crippen molar-refractivity contribution in [3.05, 3.63) is 47.5 Å². The van der Waals surface area contributed by atoms with Crippen LogP contribution in [0.1, 0.15) is 27.1 Å².